The molecule has 0 saturated heterocycles. The summed E-state index contributed by atoms with van der Waals surface area (Å²) in [6, 6.07) is 1.52. The normalized spacial score (nSPS) is 15.7. The van der Waals surface area contributed by atoms with Crippen LogP contribution in [0.15, 0.2) is 10.5 Å². The third kappa shape index (κ3) is 1.81. The van der Waals surface area contributed by atoms with E-state index in [1.165, 1.54) is 0 Å². The van der Waals surface area contributed by atoms with Crippen molar-refractivity contribution in [1.82, 2.24) is 0 Å². The molecule has 5 heteroatoms. The molecule has 4 nitrogen and oxygen atoms in total. The van der Waals surface area contributed by atoms with Gasteiger partial charge in [0.1, 0.15) is 13.2 Å². The molecule has 0 amide bonds. The predicted molar refractivity (Wildman–Crippen MR) is 63.1 cm³/mol. The van der Waals surface area contributed by atoms with E-state index in [2.05, 4.69) is 15.9 Å². The molecule has 0 aliphatic carbocycles. The fourth-order valence-corrected chi connectivity index (χ4v) is 2.52. The van der Waals surface area contributed by atoms with Gasteiger partial charge in [-0.1, -0.05) is 15.9 Å². The molecule has 16 heavy (non-hydrogen) atoms. The second-order valence-corrected chi connectivity index (χ2v) is 4.48. The second kappa shape index (κ2) is 4.43. The monoisotopic (exact) mass is 285 g/mol. The molecule has 1 aromatic carbocycles. The highest BCUT2D eigenvalue weighted by Crippen LogP contribution is 2.43. The number of carbonyl (C=O) groups excluding carboxylic acids is 1. The molecule has 0 radical (unpaired) electrons. The lowest BCUT2D eigenvalue weighted by molar-refractivity contribution is 0.111. The SMILES string of the molecule is CC(N)c1c(Br)cc(C=O)c2c1OCCO2. The first-order valence-electron chi connectivity index (χ1n) is 4.98. The van der Waals surface area contributed by atoms with Crippen LogP contribution in [-0.2, 0) is 0 Å². The van der Waals surface area contributed by atoms with E-state index < -0.39 is 0 Å². The maximum absolute atomic E-state index is 10.9. The molecule has 86 valence electrons. The van der Waals surface area contributed by atoms with Crippen molar-refractivity contribution >= 4 is 22.2 Å². The highest BCUT2D eigenvalue weighted by atomic mass is 79.9. The van der Waals surface area contributed by atoms with Gasteiger partial charge >= 0.3 is 0 Å². The summed E-state index contributed by atoms with van der Waals surface area (Å²) in [5.74, 6) is 1.08. The molecular weight excluding hydrogens is 274 g/mol. The maximum atomic E-state index is 10.9. The quantitative estimate of drug-likeness (QED) is 0.845. The summed E-state index contributed by atoms with van der Waals surface area (Å²) in [5, 5.41) is 0. The minimum Gasteiger partial charge on any atom is -0.486 e. The van der Waals surface area contributed by atoms with Crippen LogP contribution >= 0.6 is 15.9 Å². The van der Waals surface area contributed by atoms with Gasteiger partial charge in [0, 0.05) is 16.1 Å². The Bertz CT molecular complexity index is 432. The summed E-state index contributed by atoms with van der Waals surface area (Å²) in [7, 11) is 0. The zero-order valence-corrected chi connectivity index (χ0v) is 10.4. The van der Waals surface area contributed by atoms with Gasteiger partial charge in [-0.2, -0.15) is 0 Å². The topological polar surface area (TPSA) is 61.6 Å². The molecule has 0 spiro atoms. The number of fused-ring (bicyclic) bond motifs is 1. The lowest BCUT2D eigenvalue weighted by Gasteiger charge is -2.24. The summed E-state index contributed by atoms with van der Waals surface area (Å²) < 4.78 is 11.8. The van der Waals surface area contributed by atoms with Gasteiger partial charge < -0.3 is 15.2 Å². The minimum atomic E-state index is -0.189. The molecule has 0 bridgehead atoms. The van der Waals surface area contributed by atoms with Crippen molar-refractivity contribution < 1.29 is 14.3 Å². The molecule has 2 rings (SSSR count). The minimum absolute atomic E-state index is 0.189. The van der Waals surface area contributed by atoms with Crippen LogP contribution in [0.2, 0.25) is 0 Å². The molecule has 1 aliphatic heterocycles. The van der Waals surface area contributed by atoms with E-state index in [0.717, 1.165) is 16.3 Å². The van der Waals surface area contributed by atoms with Crippen molar-refractivity contribution in [3.8, 4) is 11.5 Å². The van der Waals surface area contributed by atoms with Gasteiger partial charge in [-0.15, -0.1) is 0 Å². The Kier molecular flexibility index (Phi) is 3.16. The van der Waals surface area contributed by atoms with Gasteiger partial charge in [0.2, 0.25) is 0 Å². The first-order chi connectivity index (χ1) is 7.65. The van der Waals surface area contributed by atoms with E-state index in [-0.39, 0.29) is 6.04 Å². The lowest BCUT2D eigenvalue weighted by Crippen LogP contribution is -2.20. The van der Waals surface area contributed by atoms with E-state index in [4.69, 9.17) is 15.2 Å². The van der Waals surface area contributed by atoms with Crippen molar-refractivity contribution in [3.05, 3.63) is 21.7 Å². The van der Waals surface area contributed by atoms with E-state index in [0.29, 0.717) is 30.3 Å². The number of rotatable bonds is 2. The van der Waals surface area contributed by atoms with Crippen LogP contribution in [0.4, 0.5) is 0 Å². The number of hydrogen-bond acceptors (Lipinski definition) is 4. The maximum Gasteiger partial charge on any atom is 0.172 e. The summed E-state index contributed by atoms with van der Waals surface area (Å²) >= 11 is 3.39. The van der Waals surface area contributed by atoms with Gasteiger partial charge in [0.15, 0.2) is 17.8 Å². The molecule has 1 heterocycles. The van der Waals surface area contributed by atoms with E-state index in [1.807, 2.05) is 6.92 Å². The molecular formula is C11H12BrNO3. The van der Waals surface area contributed by atoms with Crippen molar-refractivity contribution in [2.45, 2.75) is 13.0 Å². The number of aldehydes is 1. The molecule has 1 atom stereocenters. The predicted octanol–water partition coefficient (Wildman–Crippen LogP) is 2.05. The number of nitrogens with two attached hydrogens (primary N) is 1. The third-order valence-electron chi connectivity index (χ3n) is 2.41. The Labute approximate surface area is 102 Å². The number of ether oxygens (including phenoxy) is 2. The fourth-order valence-electron chi connectivity index (χ4n) is 1.73. The van der Waals surface area contributed by atoms with Crippen molar-refractivity contribution in [1.29, 1.82) is 0 Å². The van der Waals surface area contributed by atoms with Crippen molar-refractivity contribution in [2.75, 3.05) is 13.2 Å². The molecule has 1 unspecified atom stereocenters. The second-order valence-electron chi connectivity index (χ2n) is 3.62. The van der Waals surface area contributed by atoms with E-state index >= 15 is 0 Å². The molecule has 1 aromatic rings. The number of hydrogen-bond donors (Lipinski definition) is 1. The van der Waals surface area contributed by atoms with Crippen LogP contribution in [0.3, 0.4) is 0 Å². The first kappa shape index (κ1) is 11.4. The smallest absolute Gasteiger partial charge is 0.172 e. The molecule has 0 saturated carbocycles. The van der Waals surface area contributed by atoms with E-state index in [1.54, 1.807) is 6.07 Å². The average Bonchev–Trinajstić information content (AvgIpc) is 2.27. The van der Waals surface area contributed by atoms with Crippen LogP contribution in [0.1, 0.15) is 28.9 Å². The van der Waals surface area contributed by atoms with Gasteiger partial charge in [-0.3, -0.25) is 4.79 Å². The highest BCUT2D eigenvalue weighted by molar-refractivity contribution is 9.10. The lowest BCUT2D eigenvalue weighted by atomic mass is 10.0. The van der Waals surface area contributed by atoms with Crippen molar-refractivity contribution in [2.24, 2.45) is 5.73 Å². The Hall–Kier alpha value is -1.07. The Morgan fingerprint density at radius 1 is 1.44 bits per heavy atom. The molecule has 2 N–H and O–H groups in total. The Morgan fingerprint density at radius 2 is 2.06 bits per heavy atom. The van der Waals surface area contributed by atoms with E-state index in [9.17, 15) is 4.79 Å². The van der Waals surface area contributed by atoms with Crippen LogP contribution in [0, 0.1) is 0 Å². The van der Waals surface area contributed by atoms with Gasteiger partial charge in [0.25, 0.3) is 0 Å². The average molecular weight is 286 g/mol. The van der Waals surface area contributed by atoms with Gasteiger partial charge in [-0.25, -0.2) is 0 Å². The summed E-state index contributed by atoms with van der Waals surface area (Å²) in [4.78, 5) is 10.9. The van der Waals surface area contributed by atoms with Gasteiger partial charge in [0.05, 0.1) is 5.56 Å². The zero-order valence-electron chi connectivity index (χ0n) is 8.83. The van der Waals surface area contributed by atoms with Crippen LogP contribution in [0.5, 0.6) is 11.5 Å². The van der Waals surface area contributed by atoms with Crippen LogP contribution in [-0.4, -0.2) is 19.5 Å². The number of carbonyl (C=O) groups is 1. The zero-order chi connectivity index (χ0) is 11.7. The largest absolute Gasteiger partial charge is 0.486 e. The molecule has 0 fully saturated rings. The summed E-state index contributed by atoms with van der Waals surface area (Å²) in [6.07, 6.45) is 0.753. The number of benzene rings is 1. The van der Waals surface area contributed by atoms with Crippen LogP contribution < -0.4 is 15.2 Å². The summed E-state index contributed by atoms with van der Waals surface area (Å²) in [5.41, 5.74) is 7.19. The molecule has 0 aromatic heterocycles. The highest BCUT2D eigenvalue weighted by Gasteiger charge is 2.24. The molecule has 1 aliphatic rings. The van der Waals surface area contributed by atoms with Gasteiger partial charge in [-0.05, 0) is 13.0 Å². The summed E-state index contributed by atoms with van der Waals surface area (Å²) in [6.45, 7) is 2.79. The standard InChI is InChI=1S/C11H12BrNO3/c1-6(13)9-8(12)4-7(5-14)10-11(9)16-3-2-15-10/h4-6H,2-3,13H2,1H3. The van der Waals surface area contributed by atoms with Crippen molar-refractivity contribution in [3.63, 3.8) is 0 Å². The fraction of sp³-hybridized carbons (Fsp3) is 0.364. The first-order valence-corrected chi connectivity index (χ1v) is 5.77. The third-order valence-corrected chi connectivity index (χ3v) is 3.07. The Morgan fingerprint density at radius 3 is 2.62 bits per heavy atom. The number of halogens is 1. The van der Waals surface area contributed by atoms with Crippen LogP contribution in [0.25, 0.3) is 0 Å². The Balaban J connectivity index is 2.67.